The molecule has 0 amide bonds. The molecule has 27 heavy (non-hydrogen) atoms. The summed E-state index contributed by atoms with van der Waals surface area (Å²) < 4.78 is 18.0. The molecular formula is C20H15ClFNO3S. The van der Waals surface area contributed by atoms with Crippen LogP contribution in [0.1, 0.15) is 28.9 Å². The number of ether oxygens (including phenoxy) is 1. The largest absolute Gasteiger partial charge is 0.459 e. The number of aromatic nitrogens is 1. The quantitative estimate of drug-likeness (QED) is 0.396. The summed E-state index contributed by atoms with van der Waals surface area (Å²) in [5.74, 6) is -1.13. The Bertz CT molecular complexity index is 956. The molecule has 1 heterocycles. The van der Waals surface area contributed by atoms with E-state index in [1.54, 1.807) is 11.4 Å². The maximum atomic E-state index is 12.9. The van der Waals surface area contributed by atoms with Gasteiger partial charge in [-0.3, -0.25) is 9.59 Å². The van der Waals surface area contributed by atoms with E-state index < -0.39 is 11.8 Å². The predicted octanol–water partition coefficient (Wildman–Crippen LogP) is 5.31. The summed E-state index contributed by atoms with van der Waals surface area (Å²) in [4.78, 5) is 28.2. The summed E-state index contributed by atoms with van der Waals surface area (Å²) in [5.41, 5.74) is 1.81. The van der Waals surface area contributed by atoms with Gasteiger partial charge in [0.15, 0.2) is 5.78 Å². The van der Waals surface area contributed by atoms with Crippen LogP contribution in [0.25, 0.3) is 10.6 Å². The van der Waals surface area contributed by atoms with Crippen molar-refractivity contribution < 1.29 is 18.7 Å². The molecule has 2 aromatic carbocycles. The predicted molar refractivity (Wildman–Crippen MR) is 102 cm³/mol. The van der Waals surface area contributed by atoms with Crippen LogP contribution in [0.5, 0.6) is 0 Å². The molecule has 0 aliphatic rings. The second-order valence-corrected chi connectivity index (χ2v) is 6.98. The van der Waals surface area contributed by atoms with Crippen LogP contribution in [0.2, 0.25) is 5.02 Å². The molecule has 0 atom stereocenters. The fourth-order valence-electron chi connectivity index (χ4n) is 2.35. The van der Waals surface area contributed by atoms with E-state index in [9.17, 15) is 14.0 Å². The molecule has 1 aromatic heterocycles. The van der Waals surface area contributed by atoms with Gasteiger partial charge in [0, 0.05) is 22.9 Å². The number of hydrogen-bond acceptors (Lipinski definition) is 5. The van der Waals surface area contributed by atoms with Gasteiger partial charge in [-0.2, -0.15) is 0 Å². The van der Waals surface area contributed by atoms with Crippen molar-refractivity contribution in [3.05, 3.63) is 76.0 Å². The normalized spacial score (nSPS) is 10.6. The molecule has 0 unspecified atom stereocenters. The first-order valence-corrected chi connectivity index (χ1v) is 9.42. The van der Waals surface area contributed by atoms with Crippen LogP contribution < -0.4 is 0 Å². The molecule has 0 saturated carbocycles. The van der Waals surface area contributed by atoms with E-state index in [1.807, 2.05) is 18.2 Å². The van der Waals surface area contributed by atoms with Crippen molar-refractivity contribution in [3.63, 3.8) is 0 Å². The van der Waals surface area contributed by atoms with Gasteiger partial charge in [-0.15, -0.1) is 11.3 Å². The molecule has 0 bridgehead atoms. The number of thiazole rings is 1. The van der Waals surface area contributed by atoms with Crippen LogP contribution in [0.15, 0.2) is 53.9 Å². The third kappa shape index (κ3) is 5.21. The van der Waals surface area contributed by atoms with E-state index in [4.69, 9.17) is 16.3 Å². The zero-order chi connectivity index (χ0) is 19.2. The highest BCUT2D eigenvalue weighted by atomic mass is 35.5. The van der Waals surface area contributed by atoms with Crippen molar-refractivity contribution in [2.45, 2.75) is 19.4 Å². The summed E-state index contributed by atoms with van der Waals surface area (Å²) in [6.45, 7) is 0.0323. The number of esters is 1. The number of nitrogens with zero attached hydrogens (tertiary/aromatic N) is 1. The lowest BCUT2D eigenvalue weighted by Crippen LogP contribution is -2.08. The lowest BCUT2D eigenvalue weighted by Gasteiger charge is -2.03. The van der Waals surface area contributed by atoms with E-state index in [0.29, 0.717) is 16.3 Å². The van der Waals surface area contributed by atoms with Gasteiger partial charge in [0.05, 0.1) is 17.1 Å². The van der Waals surface area contributed by atoms with Gasteiger partial charge in [0.1, 0.15) is 17.4 Å². The van der Waals surface area contributed by atoms with Crippen LogP contribution >= 0.6 is 22.9 Å². The molecular weight excluding hydrogens is 389 g/mol. The van der Waals surface area contributed by atoms with E-state index in [1.165, 1.54) is 35.6 Å². The summed E-state index contributed by atoms with van der Waals surface area (Å²) in [6.07, 6.45) is -0.0376. The zero-order valence-electron chi connectivity index (χ0n) is 14.2. The standard InChI is InChI=1S/C20H15ClFNO3S/c21-17-4-2-1-3-16(17)20-23-15(12-27-20)11-26-19(25)10-9-18(24)13-5-7-14(22)8-6-13/h1-8,12H,9-11H2. The molecule has 0 saturated heterocycles. The first-order valence-electron chi connectivity index (χ1n) is 8.16. The second-order valence-electron chi connectivity index (χ2n) is 5.71. The fraction of sp³-hybridized carbons (Fsp3) is 0.150. The zero-order valence-corrected chi connectivity index (χ0v) is 15.7. The lowest BCUT2D eigenvalue weighted by atomic mass is 10.1. The van der Waals surface area contributed by atoms with Crippen molar-refractivity contribution in [2.75, 3.05) is 0 Å². The first-order chi connectivity index (χ1) is 13.0. The third-order valence-electron chi connectivity index (χ3n) is 3.76. The number of Topliss-reactive ketones (excluding diaryl/α,β-unsaturated/α-hetero) is 1. The summed E-state index contributed by atoms with van der Waals surface area (Å²) >= 11 is 7.57. The number of rotatable bonds is 7. The number of ketones is 1. The average Bonchev–Trinajstić information content (AvgIpc) is 3.14. The molecule has 7 heteroatoms. The molecule has 0 fully saturated rings. The highest BCUT2D eigenvalue weighted by Gasteiger charge is 2.12. The van der Waals surface area contributed by atoms with Crippen molar-refractivity contribution in [1.29, 1.82) is 0 Å². The van der Waals surface area contributed by atoms with Gasteiger partial charge >= 0.3 is 5.97 Å². The topological polar surface area (TPSA) is 56.3 Å². The molecule has 138 valence electrons. The van der Waals surface area contributed by atoms with Crippen LogP contribution in [0.3, 0.4) is 0 Å². The molecule has 4 nitrogen and oxygen atoms in total. The Morgan fingerprint density at radius 1 is 1.07 bits per heavy atom. The monoisotopic (exact) mass is 403 g/mol. The van der Waals surface area contributed by atoms with Crippen molar-refractivity contribution in [3.8, 4) is 10.6 Å². The Balaban J connectivity index is 1.49. The van der Waals surface area contributed by atoms with E-state index in [-0.39, 0.29) is 25.2 Å². The first kappa shape index (κ1) is 19.2. The van der Waals surface area contributed by atoms with E-state index in [0.717, 1.165) is 10.6 Å². The highest BCUT2D eigenvalue weighted by Crippen LogP contribution is 2.30. The van der Waals surface area contributed by atoms with Crippen molar-refractivity contribution in [1.82, 2.24) is 4.98 Å². The smallest absolute Gasteiger partial charge is 0.306 e. The number of hydrogen-bond donors (Lipinski definition) is 0. The minimum atomic E-state index is -0.488. The maximum absolute atomic E-state index is 12.9. The molecule has 3 rings (SSSR count). The third-order valence-corrected chi connectivity index (χ3v) is 5.01. The van der Waals surface area contributed by atoms with Crippen molar-refractivity contribution in [2.24, 2.45) is 0 Å². The van der Waals surface area contributed by atoms with Gasteiger partial charge in [0.25, 0.3) is 0 Å². The van der Waals surface area contributed by atoms with Gasteiger partial charge in [0.2, 0.25) is 0 Å². The van der Waals surface area contributed by atoms with E-state index in [2.05, 4.69) is 4.98 Å². The average molecular weight is 404 g/mol. The van der Waals surface area contributed by atoms with Gasteiger partial charge in [-0.05, 0) is 30.3 Å². The molecule has 0 aliphatic carbocycles. The Hall–Kier alpha value is -2.57. The fourth-order valence-corrected chi connectivity index (χ4v) is 3.48. The number of carbonyl (C=O) groups excluding carboxylic acids is 2. The minimum absolute atomic E-state index is 0.00635. The SMILES string of the molecule is O=C(CCC(=O)c1ccc(F)cc1)OCc1csc(-c2ccccc2Cl)n1. The molecule has 0 N–H and O–H groups in total. The Morgan fingerprint density at radius 3 is 2.56 bits per heavy atom. The Morgan fingerprint density at radius 2 is 1.81 bits per heavy atom. The minimum Gasteiger partial charge on any atom is -0.459 e. The highest BCUT2D eigenvalue weighted by molar-refractivity contribution is 7.13. The van der Waals surface area contributed by atoms with Crippen LogP contribution in [-0.4, -0.2) is 16.7 Å². The van der Waals surface area contributed by atoms with Crippen LogP contribution in [0, 0.1) is 5.82 Å². The molecule has 0 radical (unpaired) electrons. The number of benzene rings is 2. The molecule has 3 aromatic rings. The lowest BCUT2D eigenvalue weighted by molar-refractivity contribution is -0.145. The van der Waals surface area contributed by atoms with Crippen LogP contribution in [-0.2, 0) is 16.1 Å². The molecule has 0 aliphatic heterocycles. The second kappa shape index (κ2) is 8.88. The van der Waals surface area contributed by atoms with Gasteiger partial charge in [-0.1, -0.05) is 29.8 Å². The Labute approximate surface area is 164 Å². The number of halogens is 2. The Kier molecular flexibility index (Phi) is 6.32. The van der Waals surface area contributed by atoms with Crippen LogP contribution in [0.4, 0.5) is 4.39 Å². The summed E-state index contributed by atoms with van der Waals surface area (Å²) in [5, 5.41) is 3.16. The summed E-state index contributed by atoms with van der Waals surface area (Å²) in [7, 11) is 0. The maximum Gasteiger partial charge on any atom is 0.306 e. The summed E-state index contributed by atoms with van der Waals surface area (Å²) in [6, 6.07) is 12.6. The van der Waals surface area contributed by atoms with E-state index >= 15 is 0 Å². The number of carbonyl (C=O) groups is 2. The van der Waals surface area contributed by atoms with Crippen molar-refractivity contribution >= 4 is 34.7 Å². The van der Waals surface area contributed by atoms with Gasteiger partial charge in [-0.25, -0.2) is 9.37 Å². The van der Waals surface area contributed by atoms with Gasteiger partial charge < -0.3 is 4.74 Å². The molecule has 0 spiro atoms.